The van der Waals surface area contributed by atoms with Gasteiger partial charge in [-0.1, -0.05) is 11.3 Å². The smallest absolute Gasteiger partial charge is 0.404 e. The molecule has 2 aromatic heterocycles. The number of aromatic nitrogens is 2. The van der Waals surface area contributed by atoms with Crippen molar-refractivity contribution in [1.29, 1.82) is 0 Å². The summed E-state index contributed by atoms with van der Waals surface area (Å²) >= 11 is 1.39. The number of nitrogens with two attached hydrogens (primary N) is 1. The molecule has 4 heterocycles. The second-order valence-corrected chi connectivity index (χ2v) is 7.66. The molecule has 150 valence electrons. The lowest BCUT2D eigenvalue weighted by molar-refractivity contribution is -0.384. The average Bonchev–Trinajstić information content (AvgIpc) is 3.10. The van der Waals surface area contributed by atoms with Crippen molar-refractivity contribution in [3.05, 3.63) is 16.2 Å². The quantitative estimate of drug-likeness (QED) is 0.589. The van der Waals surface area contributed by atoms with Crippen molar-refractivity contribution in [1.82, 2.24) is 9.97 Å². The number of piperidine rings is 1. The summed E-state index contributed by atoms with van der Waals surface area (Å²) in [6, 6.07) is 1.53. The summed E-state index contributed by atoms with van der Waals surface area (Å²) in [6.07, 6.45) is 0.111. The van der Waals surface area contributed by atoms with E-state index in [1.165, 1.54) is 17.4 Å². The first-order valence-corrected chi connectivity index (χ1v) is 9.82. The Morgan fingerprint density at radius 1 is 1.32 bits per heavy atom. The average molecular weight is 408 g/mol. The highest BCUT2D eigenvalue weighted by Crippen LogP contribution is 2.36. The van der Waals surface area contributed by atoms with E-state index < -0.39 is 17.1 Å². The molecular formula is C16H20N6O5S. The largest absolute Gasteiger partial charge is 0.445 e. The Morgan fingerprint density at radius 2 is 2.11 bits per heavy atom. The van der Waals surface area contributed by atoms with Gasteiger partial charge in [-0.05, 0) is 12.8 Å². The number of hydrogen-bond donors (Lipinski definition) is 1. The number of amides is 1. The maximum absolute atomic E-state index is 11.7. The minimum absolute atomic E-state index is 0.0793. The van der Waals surface area contributed by atoms with Gasteiger partial charge in [0, 0.05) is 25.7 Å². The maximum atomic E-state index is 11.7. The molecular weight excluding hydrogens is 388 g/mol. The van der Waals surface area contributed by atoms with Gasteiger partial charge in [0.1, 0.15) is 6.10 Å². The second-order valence-electron chi connectivity index (χ2n) is 6.65. The first kappa shape index (κ1) is 18.6. The van der Waals surface area contributed by atoms with E-state index in [0.29, 0.717) is 49.5 Å². The summed E-state index contributed by atoms with van der Waals surface area (Å²) < 4.78 is 11.1. The molecule has 2 aromatic rings. The lowest BCUT2D eigenvalue weighted by Crippen LogP contribution is -2.42. The third-order valence-corrected chi connectivity index (χ3v) is 5.82. The molecule has 0 aliphatic carbocycles. The minimum atomic E-state index is -0.848. The number of nitro groups is 1. The summed E-state index contributed by atoms with van der Waals surface area (Å²) in [4.78, 5) is 35.2. The van der Waals surface area contributed by atoms with Gasteiger partial charge in [0.05, 0.1) is 29.4 Å². The number of anilines is 2. The summed E-state index contributed by atoms with van der Waals surface area (Å²) in [5.74, 6) is 0.245. The highest BCUT2D eigenvalue weighted by molar-refractivity contribution is 7.22. The Labute approximate surface area is 164 Å². The van der Waals surface area contributed by atoms with Crippen molar-refractivity contribution >= 4 is 44.4 Å². The van der Waals surface area contributed by atoms with E-state index in [4.69, 9.17) is 15.2 Å². The molecule has 1 amide bonds. The Kier molecular flexibility index (Phi) is 5.13. The van der Waals surface area contributed by atoms with Crippen LogP contribution in [0.2, 0.25) is 0 Å². The predicted octanol–water partition coefficient (Wildman–Crippen LogP) is 1.50. The molecule has 0 bridgehead atoms. The highest BCUT2D eigenvalue weighted by atomic mass is 32.1. The number of morpholine rings is 1. The number of ether oxygens (including phenoxy) is 2. The first-order valence-electron chi connectivity index (χ1n) is 9.01. The van der Waals surface area contributed by atoms with E-state index in [9.17, 15) is 14.9 Å². The van der Waals surface area contributed by atoms with Crippen LogP contribution in [0.1, 0.15) is 12.8 Å². The Hall–Kier alpha value is -2.73. The number of nitrogens with zero attached hydrogens (tertiary/aromatic N) is 5. The molecule has 2 aliphatic heterocycles. The maximum Gasteiger partial charge on any atom is 0.404 e. The van der Waals surface area contributed by atoms with E-state index >= 15 is 0 Å². The number of thiazole rings is 1. The summed E-state index contributed by atoms with van der Waals surface area (Å²) in [7, 11) is 0. The van der Waals surface area contributed by atoms with Crippen LogP contribution < -0.4 is 15.5 Å². The van der Waals surface area contributed by atoms with Gasteiger partial charge in [-0.15, -0.1) is 0 Å². The lowest BCUT2D eigenvalue weighted by Gasteiger charge is -2.32. The zero-order valence-corrected chi connectivity index (χ0v) is 15.9. The van der Waals surface area contributed by atoms with Crippen LogP contribution in [0.5, 0.6) is 0 Å². The summed E-state index contributed by atoms with van der Waals surface area (Å²) in [5, 5.41) is 12.4. The zero-order valence-electron chi connectivity index (χ0n) is 15.1. The van der Waals surface area contributed by atoms with Crippen LogP contribution in [0.3, 0.4) is 0 Å². The van der Waals surface area contributed by atoms with E-state index in [-0.39, 0.29) is 11.5 Å². The van der Waals surface area contributed by atoms with Crippen LogP contribution in [0, 0.1) is 10.1 Å². The first-order chi connectivity index (χ1) is 13.5. The van der Waals surface area contributed by atoms with Crippen LogP contribution in [0.15, 0.2) is 6.07 Å². The van der Waals surface area contributed by atoms with Crippen molar-refractivity contribution in [3.63, 3.8) is 0 Å². The number of hydrogen-bond acceptors (Lipinski definition) is 10. The fraction of sp³-hybridized carbons (Fsp3) is 0.562. The van der Waals surface area contributed by atoms with Crippen LogP contribution in [0.4, 0.5) is 21.4 Å². The lowest BCUT2D eigenvalue weighted by atomic mass is 10.1. The number of carbonyl (C=O) groups excluding carboxylic acids is 1. The molecule has 12 heteroatoms. The molecule has 0 spiro atoms. The van der Waals surface area contributed by atoms with Gasteiger partial charge >= 0.3 is 11.8 Å². The summed E-state index contributed by atoms with van der Waals surface area (Å²) in [5.41, 5.74) is 5.51. The van der Waals surface area contributed by atoms with Gasteiger partial charge in [0.2, 0.25) is 5.82 Å². The molecule has 4 rings (SSSR count). The molecule has 11 nitrogen and oxygen atoms in total. The third kappa shape index (κ3) is 3.78. The van der Waals surface area contributed by atoms with Gasteiger partial charge in [0.25, 0.3) is 0 Å². The molecule has 0 unspecified atom stereocenters. The van der Waals surface area contributed by atoms with Crippen molar-refractivity contribution in [2.75, 3.05) is 49.2 Å². The van der Waals surface area contributed by atoms with Gasteiger partial charge < -0.3 is 25.0 Å². The fourth-order valence-electron chi connectivity index (χ4n) is 3.48. The second kappa shape index (κ2) is 7.72. The predicted molar refractivity (Wildman–Crippen MR) is 103 cm³/mol. The molecule has 0 radical (unpaired) electrons. The van der Waals surface area contributed by atoms with E-state index in [2.05, 4.69) is 14.9 Å². The standard InChI is InChI=1S/C16H20N6O5S/c17-15(23)27-10-2-1-3-21(9-10)14-11(22(24)25)8-12-13(18-14)19-16(28-12)20-4-6-26-7-5-20/h8,10H,1-7,9H2,(H2,17,23)/t10-/m0/s1. The molecule has 2 aliphatic rings. The molecule has 0 saturated carbocycles. The fourth-order valence-corrected chi connectivity index (χ4v) is 4.47. The Morgan fingerprint density at radius 3 is 2.82 bits per heavy atom. The number of primary amides is 1. The Bertz CT molecular complexity index is 899. The van der Waals surface area contributed by atoms with Crippen LogP contribution in [0.25, 0.3) is 10.3 Å². The SMILES string of the molecule is NC(=O)O[C@H]1CCCN(c2nc3nc(N4CCOCC4)sc3cc2[N+](=O)[O-])C1. The number of pyridine rings is 1. The molecule has 2 N–H and O–H groups in total. The monoisotopic (exact) mass is 408 g/mol. The van der Waals surface area contributed by atoms with E-state index in [1.807, 2.05) is 0 Å². The van der Waals surface area contributed by atoms with E-state index in [0.717, 1.165) is 18.2 Å². The molecule has 28 heavy (non-hydrogen) atoms. The molecule has 0 aromatic carbocycles. The van der Waals surface area contributed by atoms with Gasteiger partial charge in [-0.3, -0.25) is 10.1 Å². The van der Waals surface area contributed by atoms with Crippen molar-refractivity contribution in [2.24, 2.45) is 5.73 Å². The van der Waals surface area contributed by atoms with Crippen LogP contribution >= 0.6 is 11.3 Å². The van der Waals surface area contributed by atoms with Gasteiger partial charge in [-0.2, -0.15) is 4.98 Å². The highest BCUT2D eigenvalue weighted by Gasteiger charge is 2.30. The zero-order chi connectivity index (χ0) is 19.7. The van der Waals surface area contributed by atoms with Crippen molar-refractivity contribution < 1.29 is 19.2 Å². The molecule has 2 fully saturated rings. The Balaban J connectivity index is 1.67. The van der Waals surface area contributed by atoms with E-state index in [1.54, 1.807) is 4.90 Å². The van der Waals surface area contributed by atoms with Gasteiger partial charge in [-0.25, -0.2) is 9.78 Å². The third-order valence-electron chi connectivity index (χ3n) is 4.77. The van der Waals surface area contributed by atoms with Crippen molar-refractivity contribution in [3.8, 4) is 0 Å². The van der Waals surface area contributed by atoms with Crippen LogP contribution in [-0.2, 0) is 9.47 Å². The minimum Gasteiger partial charge on any atom is -0.445 e. The van der Waals surface area contributed by atoms with Crippen LogP contribution in [-0.4, -0.2) is 66.5 Å². The number of fused-ring (bicyclic) bond motifs is 1. The molecule has 2 saturated heterocycles. The number of carbonyl (C=O) groups is 1. The topological polar surface area (TPSA) is 137 Å². The van der Waals surface area contributed by atoms with Crippen molar-refractivity contribution in [2.45, 2.75) is 18.9 Å². The van der Waals surface area contributed by atoms with Gasteiger partial charge in [0.15, 0.2) is 10.8 Å². The summed E-state index contributed by atoms with van der Waals surface area (Å²) in [6.45, 7) is 3.61. The molecule has 1 atom stereocenters. The number of rotatable bonds is 4. The normalized spacial score (nSPS) is 20.4.